The quantitative estimate of drug-likeness (QED) is 0.660. The van der Waals surface area contributed by atoms with Crippen LogP contribution in [0, 0.1) is 10.8 Å². The van der Waals surface area contributed by atoms with Crippen LogP contribution in [-0.4, -0.2) is 85.0 Å². The minimum Gasteiger partial charge on any atom is -0.382 e. The highest BCUT2D eigenvalue weighted by Crippen LogP contribution is 2.55. The van der Waals surface area contributed by atoms with E-state index in [-0.39, 0.29) is 28.7 Å². The number of carbonyl (C=O) groups is 1. The van der Waals surface area contributed by atoms with E-state index in [9.17, 15) is 23.1 Å². The molecule has 200 valence electrons. The Balaban J connectivity index is 0.843. The minimum atomic E-state index is -4.49. The van der Waals surface area contributed by atoms with Gasteiger partial charge in [0.05, 0.1) is 12.6 Å². The molecule has 7 rings (SSSR count). The fraction of sp³-hybridized carbons (Fsp3) is 0.750. The standard InChI is InChI=1S/C24H30F3N7O3/c25-24(26,27)18-7-17(37-30-18)10-31-5-3-21(4-6-31)11-32(12-21)20(35)33-13-22(14-33)8-16(9-22)34-15-28-19(29-34)23(36)1-2-23/h7,15-16,36H,1-6,8-14H2. The molecule has 5 aliphatic rings. The Labute approximate surface area is 211 Å². The maximum atomic E-state index is 13.0. The summed E-state index contributed by atoms with van der Waals surface area (Å²) in [5, 5.41) is 17.8. The first-order valence-electron chi connectivity index (χ1n) is 13.0. The monoisotopic (exact) mass is 521 g/mol. The van der Waals surface area contributed by atoms with Gasteiger partial charge in [0.2, 0.25) is 0 Å². The van der Waals surface area contributed by atoms with Crippen molar-refractivity contribution in [1.82, 2.24) is 34.6 Å². The summed E-state index contributed by atoms with van der Waals surface area (Å²) in [5.41, 5.74) is -1.50. The molecule has 1 N–H and O–H groups in total. The van der Waals surface area contributed by atoms with Crippen molar-refractivity contribution in [3.63, 3.8) is 0 Å². The number of carbonyl (C=O) groups excluding carboxylic acids is 1. The van der Waals surface area contributed by atoms with E-state index in [1.165, 1.54) is 0 Å². The number of piperidine rings is 1. The van der Waals surface area contributed by atoms with Gasteiger partial charge in [-0.3, -0.25) is 4.90 Å². The molecule has 0 unspecified atom stereocenters. The van der Waals surface area contributed by atoms with Gasteiger partial charge in [-0.2, -0.15) is 18.3 Å². The molecular formula is C24H30F3N7O3. The summed E-state index contributed by atoms with van der Waals surface area (Å²) in [6.45, 7) is 4.90. The lowest BCUT2D eigenvalue weighted by molar-refractivity contribution is -0.142. The Hall–Kier alpha value is -2.67. The molecule has 0 bridgehead atoms. The molecule has 0 aromatic carbocycles. The summed E-state index contributed by atoms with van der Waals surface area (Å²) in [5.74, 6) is 0.757. The summed E-state index contributed by atoms with van der Waals surface area (Å²) < 4.78 is 44.9. The van der Waals surface area contributed by atoms with Crippen LogP contribution in [0.25, 0.3) is 0 Å². The predicted molar refractivity (Wildman–Crippen MR) is 121 cm³/mol. The molecule has 3 aliphatic heterocycles. The Bertz CT molecular complexity index is 1190. The number of aromatic nitrogens is 4. The molecule has 2 aromatic rings. The molecule has 2 spiro atoms. The van der Waals surface area contributed by atoms with Crippen LogP contribution in [0.4, 0.5) is 18.0 Å². The van der Waals surface area contributed by atoms with Crippen LogP contribution >= 0.6 is 0 Å². The van der Waals surface area contributed by atoms with E-state index in [1.54, 1.807) is 6.33 Å². The van der Waals surface area contributed by atoms with E-state index in [0.29, 0.717) is 12.4 Å². The summed E-state index contributed by atoms with van der Waals surface area (Å²) in [6, 6.07) is 1.37. The second-order valence-corrected chi connectivity index (χ2v) is 12.1. The van der Waals surface area contributed by atoms with E-state index in [4.69, 9.17) is 4.52 Å². The largest absolute Gasteiger partial charge is 0.436 e. The van der Waals surface area contributed by atoms with Gasteiger partial charge in [-0.25, -0.2) is 14.5 Å². The third kappa shape index (κ3) is 4.01. The van der Waals surface area contributed by atoms with E-state index in [0.717, 1.165) is 83.9 Å². The molecule has 2 aromatic heterocycles. The highest BCUT2D eigenvalue weighted by molar-refractivity contribution is 5.76. The third-order valence-corrected chi connectivity index (χ3v) is 9.15. The Morgan fingerprint density at radius 2 is 1.70 bits per heavy atom. The summed E-state index contributed by atoms with van der Waals surface area (Å²) in [7, 11) is 0. The fourth-order valence-electron chi connectivity index (χ4n) is 6.63. The molecule has 37 heavy (non-hydrogen) atoms. The first kappa shape index (κ1) is 23.4. The summed E-state index contributed by atoms with van der Waals surface area (Å²) >= 11 is 0. The average Bonchev–Trinajstić information content (AvgIpc) is 3.16. The van der Waals surface area contributed by atoms with Gasteiger partial charge >= 0.3 is 12.2 Å². The van der Waals surface area contributed by atoms with Gasteiger partial charge in [0.15, 0.2) is 17.3 Å². The predicted octanol–water partition coefficient (Wildman–Crippen LogP) is 2.62. The number of rotatable bonds is 4. The summed E-state index contributed by atoms with van der Waals surface area (Å²) in [6.07, 6.45) is 2.48. The zero-order chi connectivity index (χ0) is 25.6. The number of aliphatic hydroxyl groups is 1. The van der Waals surface area contributed by atoms with Gasteiger partial charge in [-0.15, -0.1) is 0 Å². The lowest BCUT2D eigenvalue weighted by atomic mass is 9.60. The second kappa shape index (κ2) is 7.68. The number of amides is 2. The van der Waals surface area contributed by atoms with Gasteiger partial charge in [-0.05, 0) is 51.6 Å². The molecule has 2 amide bonds. The number of hydrogen-bond donors (Lipinski definition) is 1. The molecular weight excluding hydrogens is 491 g/mol. The number of halogens is 3. The van der Waals surface area contributed by atoms with Gasteiger partial charge in [0.1, 0.15) is 11.9 Å². The van der Waals surface area contributed by atoms with Gasteiger partial charge in [-0.1, -0.05) is 5.16 Å². The highest BCUT2D eigenvalue weighted by Gasteiger charge is 2.57. The van der Waals surface area contributed by atoms with Crippen LogP contribution in [0.2, 0.25) is 0 Å². The number of hydrogen-bond acceptors (Lipinski definition) is 7. The Morgan fingerprint density at radius 1 is 1.05 bits per heavy atom. The van der Waals surface area contributed by atoms with Crippen LogP contribution in [-0.2, 0) is 18.3 Å². The molecule has 5 fully saturated rings. The van der Waals surface area contributed by atoms with Gasteiger partial charge in [0.25, 0.3) is 0 Å². The zero-order valence-corrected chi connectivity index (χ0v) is 20.5. The maximum Gasteiger partial charge on any atom is 0.436 e. The Kier molecular flexibility index (Phi) is 4.87. The van der Waals surface area contributed by atoms with Gasteiger partial charge < -0.3 is 19.4 Å². The van der Waals surface area contributed by atoms with Crippen molar-refractivity contribution < 1.29 is 27.6 Å². The number of nitrogens with zero attached hydrogens (tertiary/aromatic N) is 7. The molecule has 2 aliphatic carbocycles. The third-order valence-electron chi connectivity index (χ3n) is 9.15. The zero-order valence-electron chi connectivity index (χ0n) is 20.5. The van der Waals surface area contributed by atoms with Gasteiger partial charge in [0, 0.05) is 43.1 Å². The van der Waals surface area contributed by atoms with Crippen molar-refractivity contribution in [3.8, 4) is 0 Å². The number of urea groups is 1. The van der Waals surface area contributed by atoms with E-state index in [2.05, 4.69) is 20.1 Å². The van der Waals surface area contributed by atoms with Crippen LogP contribution in [0.1, 0.15) is 61.8 Å². The summed E-state index contributed by atoms with van der Waals surface area (Å²) in [4.78, 5) is 23.3. The fourth-order valence-corrected chi connectivity index (χ4v) is 6.63. The van der Waals surface area contributed by atoms with Crippen LogP contribution in [0.5, 0.6) is 0 Å². The van der Waals surface area contributed by atoms with Crippen molar-refractivity contribution in [2.45, 2.75) is 62.9 Å². The van der Waals surface area contributed by atoms with Crippen LogP contribution in [0.15, 0.2) is 16.9 Å². The minimum absolute atomic E-state index is 0.113. The molecule has 0 radical (unpaired) electrons. The molecule has 2 saturated carbocycles. The molecule has 10 nitrogen and oxygen atoms in total. The topological polar surface area (TPSA) is 104 Å². The normalized spacial score (nSPS) is 26.2. The average molecular weight is 522 g/mol. The lowest BCUT2D eigenvalue weighted by Gasteiger charge is -2.61. The first-order valence-corrected chi connectivity index (χ1v) is 13.0. The molecule has 3 saturated heterocycles. The maximum absolute atomic E-state index is 13.0. The number of likely N-dealkylation sites (tertiary alicyclic amines) is 3. The first-order chi connectivity index (χ1) is 17.5. The van der Waals surface area contributed by atoms with Crippen molar-refractivity contribution in [2.24, 2.45) is 10.8 Å². The molecule has 5 heterocycles. The second-order valence-electron chi connectivity index (χ2n) is 12.1. The van der Waals surface area contributed by atoms with Crippen molar-refractivity contribution >= 4 is 6.03 Å². The highest BCUT2D eigenvalue weighted by atomic mass is 19.4. The number of alkyl halides is 3. The SMILES string of the molecule is O=C(N1CC2(CCN(Cc3cc(C(F)(F)F)no3)CC2)C1)N1CC2(CC(n3cnc(C4(O)CC4)n3)C2)C1. The van der Waals surface area contributed by atoms with E-state index in [1.807, 2.05) is 14.5 Å². The van der Waals surface area contributed by atoms with E-state index < -0.39 is 17.5 Å². The smallest absolute Gasteiger partial charge is 0.382 e. The van der Waals surface area contributed by atoms with Crippen molar-refractivity contribution in [2.75, 3.05) is 39.3 Å². The van der Waals surface area contributed by atoms with E-state index >= 15 is 0 Å². The molecule has 0 atom stereocenters. The molecule has 13 heteroatoms. The van der Waals surface area contributed by atoms with Crippen LogP contribution in [0.3, 0.4) is 0 Å². The van der Waals surface area contributed by atoms with Crippen molar-refractivity contribution in [1.29, 1.82) is 0 Å². The lowest BCUT2D eigenvalue weighted by Crippen LogP contribution is -2.70. The van der Waals surface area contributed by atoms with Crippen LogP contribution < -0.4 is 0 Å². The van der Waals surface area contributed by atoms with Crippen molar-refractivity contribution in [3.05, 3.63) is 29.7 Å². The Morgan fingerprint density at radius 3 is 2.30 bits per heavy atom.